The van der Waals surface area contributed by atoms with Gasteiger partial charge in [-0.15, -0.1) is 0 Å². The number of halogens is 3. The van der Waals surface area contributed by atoms with Crippen molar-refractivity contribution in [2.24, 2.45) is 0 Å². The first kappa shape index (κ1) is 19.1. The molecule has 0 bridgehead atoms. The summed E-state index contributed by atoms with van der Waals surface area (Å²) in [6.07, 6.45) is 0. The molecule has 1 N–H and O–H groups in total. The van der Waals surface area contributed by atoms with Crippen LogP contribution in [0.25, 0.3) is 0 Å². The van der Waals surface area contributed by atoms with Crippen molar-refractivity contribution in [3.63, 3.8) is 0 Å². The summed E-state index contributed by atoms with van der Waals surface area (Å²) in [5.41, 5.74) is 0.624. The smallest absolute Gasteiger partial charge is 0.254 e. The zero-order valence-corrected chi connectivity index (χ0v) is 15.2. The van der Waals surface area contributed by atoms with Gasteiger partial charge in [-0.2, -0.15) is 0 Å². The van der Waals surface area contributed by atoms with Gasteiger partial charge in [-0.05, 0) is 24.3 Å². The van der Waals surface area contributed by atoms with Gasteiger partial charge in [-0.3, -0.25) is 9.59 Å². The molecule has 3 rings (SSSR count). The fraction of sp³-hybridized carbons (Fsp3) is 0.263. The van der Waals surface area contributed by atoms with Crippen LogP contribution in [-0.2, 0) is 4.79 Å². The number of nitrogens with one attached hydrogen (secondary N) is 1. The Hall–Kier alpha value is -2.67. The molecule has 2 amide bonds. The minimum absolute atomic E-state index is 0.248. The number of anilines is 1. The van der Waals surface area contributed by atoms with Crippen molar-refractivity contribution in [2.75, 3.05) is 37.6 Å². The Labute approximate surface area is 160 Å². The van der Waals surface area contributed by atoms with Crippen LogP contribution in [0.3, 0.4) is 0 Å². The van der Waals surface area contributed by atoms with Gasteiger partial charge in [0, 0.05) is 32.2 Å². The molecule has 142 valence electrons. The Kier molecular flexibility index (Phi) is 5.91. The van der Waals surface area contributed by atoms with E-state index in [0.29, 0.717) is 37.3 Å². The molecule has 27 heavy (non-hydrogen) atoms. The molecule has 0 spiro atoms. The lowest BCUT2D eigenvalue weighted by atomic mass is 10.2. The van der Waals surface area contributed by atoms with E-state index in [9.17, 15) is 18.4 Å². The zero-order chi connectivity index (χ0) is 19.4. The number of nitrogens with zero attached hydrogens (tertiary/aromatic N) is 2. The fourth-order valence-corrected chi connectivity index (χ4v) is 3.20. The van der Waals surface area contributed by atoms with Crippen molar-refractivity contribution in [1.29, 1.82) is 0 Å². The van der Waals surface area contributed by atoms with E-state index >= 15 is 0 Å². The van der Waals surface area contributed by atoms with Crippen LogP contribution in [0.4, 0.5) is 14.5 Å². The summed E-state index contributed by atoms with van der Waals surface area (Å²) < 4.78 is 26.5. The van der Waals surface area contributed by atoms with Crippen LogP contribution in [0.1, 0.15) is 10.4 Å². The summed E-state index contributed by atoms with van der Waals surface area (Å²) >= 11 is 6.20. The zero-order valence-electron chi connectivity index (χ0n) is 14.4. The predicted molar refractivity (Wildman–Crippen MR) is 98.9 cm³/mol. The molecule has 1 aliphatic heterocycles. The third-order valence-corrected chi connectivity index (χ3v) is 4.72. The third-order valence-electron chi connectivity index (χ3n) is 4.40. The minimum Gasteiger partial charge on any atom is -0.367 e. The van der Waals surface area contributed by atoms with Crippen LogP contribution >= 0.6 is 11.6 Å². The molecule has 1 fully saturated rings. The van der Waals surface area contributed by atoms with Crippen LogP contribution in [0.2, 0.25) is 5.02 Å². The number of rotatable bonds is 4. The molecule has 2 aromatic carbocycles. The first-order valence-electron chi connectivity index (χ1n) is 8.46. The van der Waals surface area contributed by atoms with Gasteiger partial charge in [-0.1, -0.05) is 23.7 Å². The summed E-state index contributed by atoms with van der Waals surface area (Å²) in [7, 11) is 0. The maximum Gasteiger partial charge on any atom is 0.254 e. The first-order valence-corrected chi connectivity index (χ1v) is 8.84. The summed E-state index contributed by atoms with van der Waals surface area (Å²) in [5, 5.41) is 3.04. The van der Waals surface area contributed by atoms with Gasteiger partial charge < -0.3 is 15.1 Å². The lowest BCUT2D eigenvalue weighted by Gasteiger charge is -2.36. The average Bonchev–Trinajstić information content (AvgIpc) is 2.66. The SMILES string of the molecule is O=C(NCC(=O)N1CCN(c2ccccc2Cl)CC1)c1ccc(F)cc1F. The number of para-hydroxylation sites is 1. The highest BCUT2D eigenvalue weighted by molar-refractivity contribution is 6.33. The van der Waals surface area contributed by atoms with Crippen molar-refractivity contribution >= 4 is 29.1 Å². The van der Waals surface area contributed by atoms with Gasteiger partial charge in [0.2, 0.25) is 5.91 Å². The van der Waals surface area contributed by atoms with Crippen molar-refractivity contribution in [3.8, 4) is 0 Å². The fourth-order valence-electron chi connectivity index (χ4n) is 2.94. The van der Waals surface area contributed by atoms with Gasteiger partial charge in [0.1, 0.15) is 11.6 Å². The van der Waals surface area contributed by atoms with E-state index < -0.39 is 17.5 Å². The number of piperazine rings is 1. The molecule has 0 aliphatic carbocycles. The molecule has 1 aliphatic rings. The quantitative estimate of drug-likeness (QED) is 0.869. The largest absolute Gasteiger partial charge is 0.367 e. The molecule has 0 unspecified atom stereocenters. The van der Waals surface area contributed by atoms with Crippen LogP contribution < -0.4 is 10.2 Å². The molecular formula is C19H18ClF2N3O2. The monoisotopic (exact) mass is 393 g/mol. The number of hydrogen-bond acceptors (Lipinski definition) is 3. The molecule has 1 saturated heterocycles. The molecule has 1 heterocycles. The van der Waals surface area contributed by atoms with E-state index in [0.717, 1.165) is 17.8 Å². The van der Waals surface area contributed by atoms with Gasteiger partial charge in [0.25, 0.3) is 5.91 Å². The highest BCUT2D eigenvalue weighted by Crippen LogP contribution is 2.25. The van der Waals surface area contributed by atoms with Gasteiger partial charge >= 0.3 is 0 Å². The second-order valence-corrected chi connectivity index (χ2v) is 6.53. The molecule has 0 atom stereocenters. The van der Waals surface area contributed by atoms with E-state index in [1.807, 2.05) is 24.3 Å². The van der Waals surface area contributed by atoms with E-state index in [-0.39, 0.29) is 18.0 Å². The highest BCUT2D eigenvalue weighted by atomic mass is 35.5. The molecule has 8 heteroatoms. The summed E-state index contributed by atoms with van der Waals surface area (Å²) in [4.78, 5) is 28.0. The standard InChI is InChI=1S/C19H18ClF2N3O2/c20-15-3-1-2-4-17(15)24-7-9-25(10-8-24)18(26)12-23-19(27)14-6-5-13(21)11-16(14)22/h1-6,11H,7-10,12H2,(H,23,27). The number of amides is 2. The lowest BCUT2D eigenvalue weighted by Crippen LogP contribution is -2.51. The van der Waals surface area contributed by atoms with Crippen molar-refractivity contribution in [3.05, 3.63) is 64.7 Å². The lowest BCUT2D eigenvalue weighted by molar-refractivity contribution is -0.130. The molecule has 0 saturated carbocycles. The molecule has 5 nitrogen and oxygen atoms in total. The van der Waals surface area contributed by atoms with E-state index in [4.69, 9.17) is 11.6 Å². The second-order valence-electron chi connectivity index (χ2n) is 6.13. The number of benzene rings is 2. The van der Waals surface area contributed by atoms with Gasteiger partial charge in [-0.25, -0.2) is 8.78 Å². The van der Waals surface area contributed by atoms with E-state index in [1.165, 1.54) is 0 Å². The predicted octanol–water partition coefficient (Wildman–Crippen LogP) is 2.70. The third kappa shape index (κ3) is 4.54. The summed E-state index contributed by atoms with van der Waals surface area (Å²) in [6.45, 7) is 1.98. The molecule has 0 aromatic heterocycles. The Morgan fingerprint density at radius 3 is 2.41 bits per heavy atom. The van der Waals surface area contributed by atoms with E-state index in [1.54, 1.807) is 4.90 Å². The van der Waals surface area contributed by atoms with Crippen LogP contribution in [-0.4, -0.2) is 49.4 Å². The minimum atomic E-state index is -0.965. The highest BCUT2D eigenvalue weighted by Gasteiger charge is 2.23. The normalized spacial score (nSPS) is 14.2. The Morgan fingerprint density at radius 1 is 1.04 bits per heavy atom. The Balaban J connectivity index is 1.51. The topological polar surface area (TPSA) is 52.7 Å². The first-order chi connectivity index (χ1) is 13.0. The maximum atomic E-state index is 13.6. The molecule has 0 radical (unpaired) electrons. The van der Waals surface area contributed by atoms with Crippen LogP contribution in [0, 0.1) is 11.6 Å². The summed E-state index contributed by atoms with van der Waals surface area (Å²) in [5.74, 6) is -2.75. The Morgan fingerprint density at radius 2 is 1.74 bits per heavy atom. The number of carbonyl (C=O) groups excluding carboxylic acids is 2. The van der Waals surface area contributed by atoms with Gasteiger partial charge in [0.15, 0.2) is 0 Å². The average molecular weight is 394 g/mol. The van der Waals surface area contributed by atoms with Crippen molar-refractivity contribution < 1.29 is 18.4 Å². The Bertz CT molecular complexity index is 855. The van der Waals surface area contributed by atoms with E-state index in [2.05, 4.69) is 10.2 Å². The van der Waals surface area contributed by atoms with Crippen molar-refractivity contribution in [2.45, 2.75) is 0 Å². The summed E-state index contributed by atoms with van der Waals surface area (Å²) in [6, 6.07) is 10.2. The van der Waals surface area contributed by atoms with Crippen LogP contribution in [0.15, 0.2) is 42.5 Å². The van der Waals surface area contributed by atoms with Gasteiger partial charge in [0.05, 0.1) is 22.8 Å². The second kappa shape index (κ2) is 8.35. The number of carbonyl (C=O) groups is 2. The molecular weight excluding hydrogens is 376 g/mol. The molecule has 2 aromatic rings. The van der Waals surface area contributed by atoms with Crippen molar-refractivity contribution in [1.82, 2.24) is 10.2 Å². The van der Waals surface area contributed by atoms with Crippen LogP contribution in [0.5, 0.6) is 0 Å². The maximum absolute atomic E-state index is 13.6. The number of hydrogen-bond donors (Lipinski definition) is 1.